The molecule has 4 heterocycles. The molecule has 2 atom stereocenters. The highest BCUT2D eigenvalue weighted by molar-refractivity contribution is 7.80. The molecule has 4 aromatic rings. The SMILES string of the molecule is Cc1ccc(Cl)cc1-c1ccc([C@H]2[C@@H](c3ccccn3)NC(=S)N2Cc2ccccn2)o1. The Hall–Kier alpha value is -3.22. The normalized spacial score (nSPS) is 18.1. The first kappa shape index (κ1) is 20.7. The molecule has 1 aliphatic rings. The molecule has 0 radical (unpaired) electrons. The number of hydrogen-bond donors (Lipinski definition) is 1. The highest BCUT2D eigenvalue weighted by Crippen LogP contribution is 2.41. The summed E-state index contributed by atoms with van der Waals surface area (Å²) in [6.45, 7) is 2.61. The second kappa shape index (κ2) is 8.73. The average Bonchev–Trinajstić information content (AvgIpc) is 3.42. The van der Waals surface area contributed by atoms with Crippen molar-refractivity contribution in [2.45, 2.75) is 25.6 Å². The molecular formula is C25H21ClN4OS. The number of thiocarbonyl (C=S) groups is 1. The molecule has 0 spiro atoms. The van der Waals surface area contributed by atoms with Crippen LogP contribution in [0.5, 0.6) is 0 Å². The summed E-state index contributed by atoms with van der Waals surface area (Å²) in [6.07, 6.45) is 3.58. The molecule has 1 N–H and O–H groups in total. The van der Waals surface area contributed by atoms with Crippen LogP contribution in [0.25, 0.3) is 11.3 Å². The molecule has 0 bridgehead atoms. The van der Waals surface area contributed by atoms with Crippen molar-refractivity contribution in [2.75, 3.05) is 0 Å². The number of hydrogen-bond acceptors (Lipinski definition) is 4. The molecule has 0 saturated carbocycles. The predicted octanol–water partition coefficient (Wildman–Crippen LogP) is 5.87. The predicted molar refractivity (Wildman–Crippen MR) is 129 cm³/mol. The molecule has 5 nitrogen and oxygen atoms in total. The lowest BCUT2D eigenvalue weighted by Gasteiger charge is -2.25. The smallest absolute Gasteiger partial charge is 0.170 e. The van der Waals surface area contributed by atoms with Gasteiger partial charge in [-0.2, -0.15) is 0 Å². The maximum atomic E-state index is 6.41. The van der Waals surface area contributed by atoms with Gasteiger partial charge in [-0.05, 0) is 73.2 Å². The number of halogens is 1. The van der Waals surface area contributed by atoms with Crippen molar-refractivity contribution in [3.63, 3.8) is 0 Å². The summed E-state index contributed by atoms with van der Waals surface area (Å²) in [5, 5.41) is 4.77. The minimum absolute atomic E-state index is 0.146. The molecule has 0 aliphatic carbocycles. The van der Waals surface area contributed by atoms with Gasteiger partial charge in [0.25, 0.3) is 0 Å². The van der Waals surface area contributed by atoms with Gasteiger partial charge in [-0.25, -0.2) is 0 Å². The Balaban J connectivity index is 1.56. The minimum atomic E-state index is -0.173. The van der Waals surface area contributed by atoms with Gasteiger partial charge < -0.3 is 14.6 Å². The van der Waals surface area contributed by atoms with E-state index in [2.05, 4.69) is 20.2 Å². The fraction of sp³-hybridized carbons (Fsp3) is 0.160. The number of nitrogens with one attached hydrogen (secondary N) is 1. The number of rotatable bonds is 5. The maximum Gasteiger partial charge on any atom is 0.170 e. The third-order valence-corrected chi connectivity index (χ3v) is 6.23. The van der Waals surface area contributed by atoms with Crippen LogP contribution >= 0.6 is 23.8 Å². The molecule has 7 heteroatoms. The van der Waals surface area contributed by atoms with Gasteiger partial charge in [-0.15, -0.1) is 0 Å². The van der Waals surface area contributed by atoms with E-state index in [1.807, 2.05) is 73.7 Å². The van der Waals surface area contributed by atoms with E-state index >= 15 is 0 Å². The number of furan rings is 1. The van der Waals surface area contributed by atoms with Crippen LogP contribution in [0.4, 0.5) is 0 Å². The van der Waals surface area contributed by atoms with E-state index in [1.54, 1.807) is 12.4 Å². The first-order valence-corrected chi connectivity index (χ1v) is 11.1. The number of nitrogens with zero attached hydrogens (tertiary/aromatic N) is 3. The Morgan fingerprint density at radius 2 is 1.84 bits per heavy atom. The highest BCUT2D eigenvalue weighted by Gasteiger charge is 2.41. The summed E-state index contributed by atoms with van der Waals surface area (Å²) in [5.41, 5.74) is 3.91. The van der Waals surface area contributed by atoms with Gasteiger partial charge in [0.1, 0.15) is 17.6 Å². The van der Waals surface area contributed by atoms with Crippen LogP contribution < -0.4 is 5.32 Å². The molecule has 0 amide bonds. The van der Waals surface area contributed by atoms with Crippen molar-refractivity contribution in [3.8, 4) is 11.3 Å². The zero-order chi connectivity index (χ0) is 22.1. The minimum Gasteiger partial charge on any atom is -0.459 e. The molecule has 1 aromatic carbocycles. The van der Waals surface area contributed by atoms with Gasteiger partial charge in [0, 0.05) is 23.0 Å². The van der Waals surface area contributed by atoms with Gasteiger partial charge in [0.05, 0.1) is 24.0 Å². The quantitative estimate of drug-likeness (QED) is 0.376. The van der Waals surface area contributed by atoms with Gasteiger partial charge in [0.15, 0.2) is 5.11 Å². The summed E-state index contributed by atoms with van der Waals surface area (Å²) < 4.78 is 6.41. The fourth-order valence-corrected chi connectivity index (χ4v) is 4.54. The number of benzene rings is 1. The summed E-state index contributed by atoms with van der Waals surface area (Å²) in [6, 6.07) is 21.3. The van der Waals surface area contributed by atoms with Gasteiger partial charge in [0.2, 0.25) is 0 Å². The van der Waals surface area contributed by atoms with Crippen LogP contribution in [0.3, 0.4) is 0 Å². The molecule has 0 unspecified atom stereocenters. The Labute approximate surface area is 197 Å². The van der Waals surface area contributed by atoms with Crippen LogP contribution in [-0.2, 0) is 6.54 Å². The first-order chi connectivity index (χ1) is 15.6. The zero-order valence-electron chi connectivity index (χ0n) is 17.4. The third kappa shape index (κ3) is 3.99. The van der Waals surface area contributed by atoms with Crippen molar-refractivity contribution in [1.29, 1.82) is 0 Å². The Morgan fingerprint density at radius 3 is 2.59 bits per heavy atom. The van der Waals surface area contributed by atoms with E-state index in [1.165, 1.54) is 0 Å². The summed E-state index contributed by atoms with van der Waals surface area (Å²) >= 11 is 12.0. The largest absolute Gasteiger partial charge is 0.459 e. The van der Waals surface area contributed by atoms with E-state index < -0.39 is 0 Å². The molecule has 3 aromatic heterocycles. The lowest BCUT2D eigenvalue weighted by atomic mass is 10.0. The zero-order valence-corrected chi connectivity index (χ0v) is 19.0. The van der Waals surface area contributed by atoms with E-state index in [9.17, 15) is 0 Å². The Bertz CT molecular complexity index is 1250. The lowest BCUT2D eigenvalue weighted by molar-refractivity contribution is 0.267. The monoisotopic (exact) mass is 460 g/mol. The molecule has 160 valence electrons. The van der Waals surface area contributed by atoms with E-state index in [4.69, 9.17) is 28.2 Å². The second-order valence-corrected chi connectivity index (χ2v) is 8.56. The summed E-state index contributed by atoms with van der Waals surface area (Å²) in [7, 11) is 0. The lowest BCUT2D eigenvalue weighted by Crippen LogP contribution is -2.29. The topological polar surface area (TPSA) is 54.2 Å². The van der Waals surface area contributed by atoms with Crippen molar-refractivity contribution in [1.82, 2.24) is 20.2 Å². The second-order valence-electron chi connectivity index (χ2n) is 7.74. The maximum absolute atomic E-state index is 6.41. The van der Waals surface area contributed by atoms with Crippen molar-refractivity contribution < 1.29 is 4.42 Å². The van der Waals surface area contributed by atoms with E-state index in [0.29, 0.717) is 16.7 Å². The van der Waals surface area contributed by atoms with Crippen molar-refractivity contribution in [3.05, 3.63) is 107 Å². The van der Waals surface area contributed by atoms with Gasteiger partial charge in [-0.1, -0.05) is 29.8 Å². The van der Waals surface area contributed by atoms with Gasteiger partial charge >= 0.3 is 0 Å². The molecule has 32 heavy (non-hydrogen) atoms. The highest BCUT2D eigenvalue weighted by atomic mass is 35.5. The van der Waals surface area contributed by atoms with Crippen molar-refractivity contribution >= 4 is 28.9 Å². The van der Waals surface area contributed by atoms with Crippen molar-refractivity contribution in [2.24, 2.45) is 0 Å². The first-order valence-electron chi connectivity index (χ1n) is 10.3. The Kier molecular flexibility index (Phi) is 5.64. The average molecular weight is 461 g/mol. The third-order valence-electron chi connectivity index (χ3n) is 5.64. The standard InChI is InChI=1S/C25H21ClN4OS/c1-16-8-9-17(26)14-19(16)21-10-11-22(31-21)24-23(20-7-3-5-13-28-20)29-25(32)30(24)15-18-6-2-4-12-27-18/h2-14,23-24H,15H2,1H3,(H,29,32)/t23-,24+/m1/s1. The van der Waals surface area contributed by atoms with Crippen LogP contribution in [0.15, 0.2) is 83.5 Å². The van der Waals surface area contributed by atoms with Crippen LogP contribution in [0, 0.1) is 6.92 Å². The molecule has 1 saturated heterocycles. The van der Waals surface area contributed by atoms with Gasteiger partial charge in [-0.3, -0.25) is 9.97 Å². The molecule has 5 rings (SSSR count). The number of aromatic nitrogens is 2. The van der Waals surface area contributed by atoms with E-state index in [-0.39, 0.29) is 12.1 Å². The van der Waals surface area contributed by atoms with Crippen LogP contribution in [-0.4, -0.2) is 20.0 Å². The number of pyridine rings is 2. The van der Waals surface area contributed by atoms with E-state index in [0.717, 1.165) is 34.0 Å². The fourth-order valence-electron chi connectivity index (χ4n) is 4.07. The number of aryl methyl sites for hydroxylation is 1. The summed E-state index contributed by atoms with van der Waals surface area (Å²) in [5.74, 6) is 1.58. The van der Waals surface area contributed by atoms with Crippen LogP contribution in [0.1, 0.15) is 34.8 Å². The van der Waals surface area contributed by atoms with Crippen LogP contribution in [0.2, 0.25) is 5.02 Å². The molecule has 1 fully saturated rings. The molecule has 1 aliphatic heterocycles. The Morgan fingerprint density at radius 1 is 1.03 bits per heavy atom. The summed E-state index contributed by atoms with van der Waals surface area (Å²) in [4.78, 5) is 11.2. The molecular weight excluding hydrogens is 440 g/mol.